The van der Waals surface area contributed by atoms with Crippen LogP contribution in [-0.4, -0.2) is 28.5 Å². The van der Waals surface area contributed by atoms with E-state index < -0.39 is 17.1 Å². The normalized spacial score (nSPS) is 16.0. The third-order valence-electron chi connectivity index (χ3n) is 3.53. The second-order valence-corrected chi connectivity index (χ2v) is 6.58. The summed E-state index contributed by atoms with van der Waals surface area (Å²) in [5.74, 6) is -0.272. The van der Waals surface area contributed by atoms with Crippen molar-refractivity contribution in [3.05, 3.63) is 71.0 Å². The predicted octanol–water partition coefficient (Wildman–Crippen LogP) is 3.82. The van der Waals surface area contributed by atoms with E-state index in [1.165, 1.54) is 6.08 Å². The summed E-state index contributed by atoms with van der Waals surface area (Å²) in [6.45, 7) is 1.59. The Kier molecular flexibility index (Phi) is 5.38. The zero-order chi connectivity index (χ0) is 18.5. The van der Waals surface area contributed by atoms with Crippen LogP contribution in [0.25, 0.3) is 6.08 Å². The Hall–Kier alpha value is -3.06. The average molecular weight is 368 g/mol. The van der Waals surface area contributed by atoms with E-state index in [1.807, 2.05) is 25.1 Å². The lowest BCUT2D eigenvalue weighted by molar-refractivity contribution is -0.127. The fourth-order valence-electron chi connectivity index (χ4n) is 2.33. The number of carbonyl (C=O) groups is 3. The molecule has 3 rings (SSSR count). The highest BCUT2D eigenvalue weighted by Crippen LogP contribution is 2.30. The van der Waals surface area contributed by atoms with Gasteiger partial charge in [0.25, 0.3) is 11.1 Å². The molecule has 1 N–H and O–H groups in total. The fraction of sp³-hybridized carbons (Fsp3) is 0.105. The summed E-state index contributed by atoms with van der Waals surface area (Å²) in [4.78, 5) is 37.7. The van der Waals surface area contributed by atoms with Crippen LogP contribution >= 0.6 is 11.8 Å². The number of amides is 3. The highest BCUT2D eigenvalue weighted by atomic mass is 32.2. The summed E-state index contributed by atoms with van der Waals surface area (Å²) in [5.41, 5.74) is 1.62. The third-order valence-corrected chi connectivity index (χ3v) is 4.45. The molecule has 2 aromatic rings. The monoisotopic (exact) mass is 368 g/mol. The van der Waals surface area contributed by atoms with Gasteiger partial charge in [-0.05, 0) is 60.7 Å². The first-order valence-electron chi connectivity index (χ1n) is 7.85. The standard InChI is InChI=1S/C19H16N2O4S/c1-13-5-2-6-14(11-13)20-17(22)12-21-18(23)16(26-19(21)24)9-3-7-15-8-4-10-25-15/h2-11H,12H2,1H3,(H,20,22)/b7-3-,16-9+. The van der Waals surface area contributed by atoms with E-state index in [0.29, 0.717) is 11.4 Å². The van der Waals surface area contributed by atoms with Gasteiger partial charge in [-0.15, -0.1) is 0 Å². The number of hydrogen-bond donors (Lipinski definition) is 1. The van der Waals surface area contributed by atoms with E-state index in [2.05, 4.69) is 5.32 Å². The summed E-state index contributed by atoms with van der Waals surface area (Å²) in [6, 6.07) is 10.8. The van der Waals surface area contributed by atoms with Crippen molar-refractivity contribution in [3.63, 3.8) is 0 Å². The summed E-state index contributed by atoms with van der Waals surface area (Å²) < 4.78 is 5.15. The van der Waals surface area contributed by atoms with Crippen molar-refractivity contribution in [2.45, 2.75) is 6.92 Å². The van der Waals surface area contributed by atoms with E-state index in [4.69, 9.17) is 4.42 Å². The zero-order valence-electron chi connectivity index (χ0n) is 14.0. The lowest BCUT2D eigenvalue weighted by Crippen LogP contribution is -2.36. The highest BCUT2D eigenvalue weighted by molar-refractivity contribution is 8.18. The van der Waals surface area contributed by atoms with Crippen molar-refractivity contribution in [2.75, 3.05) is 11.9 Å². The van der Waals surface area contributed by atoms with Gasteiger partial charge in [-0.2, -0.15) is 0 Å². The van der Waals surface area contributed by atoms with Gasteiger partial charge in [0.1, 0.15) is 12.3 Å². The number of thioether (sulfide) groups is 1. The fourth-order valence-corrected chi connectivity index (χ4v) is 3.12. The number of hydrogen-bond acceptors (Lipinski definition) is 5. The van der Waals surface area contributed by atoms with Crippen molar-refractivity contribution < 1.29 is 18.8 Å². The Bertz CT molecular complexity index is 900. The number of allylic oxidation sites excluding steroid dienone is 2. The number of anilines is 1. The number of benzene rings is 1. The van der Waals surface area contributed by atoms with Crippen LogP contribution in [0.15, 0.2) is 64.1 Å². The van der Waals surface area contributed by atoms with E-state index in [1.54, 1.807) is 36.6 Å². The predicted molar refractivity (Wildman–Crippen MR) is 100 cm³/mol. The van der Waals surface area contributed by atoms with Gasteiger partial charge in [-0.25, -0.2) is 0 Å². The Morgan fingerprint density at radius 3 is 2.85 bits per heavy atom. The first-order chi connectivity index (χ1) is 12.5. The number of furan rings is 1. The topological polar surface area (TPSA) is 79.6 Å². The molecule has 0 saturated carbocycles. The van der Waals surface area contributed by atoms with Crippen LogP contribution in [-0.2, 0) is 9.59 Å². The molecule has 1 aliphatic rings. The molecule has 0 bridgehead atoms. The molecule has 0 radical (unpaired) electrons. The molecule has 1 aromatic carbocycles. The second kappa shape index (κ2) is 7.88. The number of nitrogens with one attached hydrogen (secondary N) is 1. The largest absolute Gasteiger partial charge is 0.465 e. The van der Waals surface area contributed by atoms with Gasteiger partial charge in [0.15, 0.2) is 0 Å². The average Bonchev–Trinajstić information content (AvgIpc) is 3.19. The van der Waals surface area contributed by atoms with E-state index in [9.17, 15) is 14.4 Å². The number of aryl methyl sites for hydroxylation is 1. The van der Waals surface area contributed by atoms with Crippen LogP contribution in [0, 0.1) is 6.92 Å². The smallest absolute Gasteiger partial charge is 0.294 e. The molecule has 1 saturated heterocycles. The van der Waals surface area contributed by atoms with Crippen LogP contribution in [0.2, 0.25) is 0 Å². The molecule has 0 aliphatic carbocycles. The maximum absolute atomic E-state index is 12.3. The van der Waals surface area contributed by atoms with Crippen molar-refractivity contribution in [1.82, 2.24) is 4.90 Å². The number of carbonyl (C=O) groups excluding carboxylic acids is 3. The molecule has 0 unspecified atom stereocenters. The van der Waals surface area contributed by atoms with Gasteiger partial charge < -0.3 is 9.73 Å². The third kappa shape index (κ3) is 4.31. The molecule has 1 aromatic heterocycles. The molecular formula is C19H16N2O4S. The maximum atomic E-state index is 12.3. The molecule has 6 nitrogen and oxygen atoms in total. The van der Waals surface area contributed by atoms with E-state index >= 15 is 0 Å². The van der Waals surface area contributed by atoms with Gasteiger partial charge >= 0.3 is 0 Å². The molecule has 132 valence electrons. The molecule has 26 heavy (non-hydrogen) atoms. The van der Waals surface area contributed by atoms with Gasteiger partial charge in [0.2, 0.25) is 5.91 Å². The SMILES string of the molecule is Cc1cccc(NC(=O)CN2C(=O)S/C(=C/C=C\c3ccco3)C2=O)c1. The Balaban J connectivity index is 1.62. The van der Waals surface area contributed by atoms with Gasteiger partial charge in [0.05, 0.1) is 11.2 Å². The molecule has 0 atom stereocenters. The summed E-state index contributed by atoms with van der Waals surface area (Å²) in [6.07, 6.45) is 6.38. The summed E-state index contributed by atoms with van der Waals surface area (Å²) in [5, 5.41) is 2.22. The second-order valence-electron chi connectivity index (χ2n) is 5.58. The van der Waals surface area contributed by atoms with Crippen molar-refractivity contribution >= 4 is 40.6 Å². The molecule has 1 fully saturated rings. The van der Waals surface area contributed by atoms with Gasteiger partial charge in [0, 0.05) is 5.69 Å². The minimum atomic E-state index is -0.483. The minimum absolute atomic E-state index is 0.265. The van der Waals surface area contributed by atoms with Gasteiger partial charge in [-0.3, -0.25) is 19.3 Å². The Morgan fingerprint density at radius 2 is 2.12 bits per heavy atom. The molecule has 7 heteroatoms. The van der Waals surface area contributed by atoms with Crippen molar-refractivity contribution in [2.24, 2.45) is 0 Å². The van der Waals surface area contributed by atoms with E-state index in [-0.39, 0.29) is 11.4 Å². The van der Waals surface area contributed by atoms with Crippen molar-refractivity contribution in [3.8, 4) is 0 Å². The first kappa shape index (κ1) is 17.8. The molecule has 3 amide bonds. The zero-order valence-corrected chi connectivity index (χ0v) is 14.8. The van der Waals surface area contributed by atoms with Gasteiger partial charge in [-0.1, -0.05) is 18.2 Å². The summed E-state index contributed by atoms with van der Waals surface area (Å²) >= 11 is 0.806. The Labute approximate surface area is 154 Å². The summed E-state index contributed by atoms with van der Waals surface area (Å²) in [7, 11) is 0. The number of rotatable bonds is 5. The molecular weight excluding hydrogens is 352 g/mol. The van der Waals surface area contributed by atoms with Crippen LogP contribution in [0.3, 0.4) is 0 Å². The molecule has 1 aliphatic heterocycles. The minimum Gasteiger partial charge on any atom is -0.465 e. The molecule has 2 heterocycles. The van der Waals surface area contributed by atoms with Crippen LogP contribution in [0.5, 0.6) is 0 Å². The van der Waals surface area contributed by atoms with Crippen LogP contribution in [0.1, 0.15) is 11.3 Å². The lowest BCUT2D eigenvalue weighted by atomic mass is 10.2. The highest BCUT2D eigenvalue weighted by Gasteiger charge is 2.35. The number of nitrogens with zero attached hydrogens (tertiary/aromatic N) is 1. The van der Waals surface area contributed by atoms with Crippen LogP contribution < -0.4 is 5.32 Å². The Morgan fingerprint density at radius 1 is 1.27 bits per heavy atom. The quantitative estimate of drug-likeness (QED) is 0.812. The van der Waals surface area contributed by atoms with Crippen molar-refractivity contribution in [1.29, 1.82) is 0 Å². The molecule has 0 spiro atoms. The first-order valence-corrected chi connectivity index (χ1v) is 8.66. The number of imide groups is 1. The van der Waals surface area contributed by atoms with E-state index in [0.717, 1.165) is 22.2 Å². The maximum Gasteiger partial charge on any atom is 0.294 e. The lowest BCUT2D eigenvalue weighted by Gasteiger charge is -2.12. The van der Waals surface area contributed by atoms with Crippen LogP contribution in [0.4, 0.5) is 10.5 Å².